The number of hydrogen-bond acceptors (Lipinski definition) is 3. The average Bonchev–Trinajstić information content (AvgIpc) is 2.46. The third-order valence-corrected chi connectivity index (χ3v) is 4.04. The van der Waals surface area contributed by atoms with Gasteiger partial charge in [0.2, 0.25) is 0 Å². The average molecular weight is 338 g/mol. The number of benzene rings is 1. The first-order valence-electron chi connectivity index (χ1n) is 6.76. The number of aromatic hydroxyl groups is 1. The van der Waals surface area contributed by atoms with Crippen LogP contribution in [0, 0.1) is 0 Å². The highest BCUT2D eigenvalue weighted by Crippen LogP contribution is 2.19. The maximum absolute atomic E-state index is 10.0. The van der Waals surface area contributed by atoms with E-state index in [-0.39, 0.29) is 5.75 Å². The van der Waals surface area contributed by atoms with Gasteiger partial charge in [-0.2, -0.15) is 0 Å². The van der Waals surface area contributed by atoms with Gasteiger partial charge >= 0.3 is 0 Å². The molecule has 1 aromatic rings. The minimum absolute atomic E-state index is 0.214. The van der Waals surface area contributed by atoms with Crippen LogP contribution in [0.2, 0.25) is 0 Å². The lowest BCUT2D eigenvalue weighted by Crippen LogP contribution is -2.38. The van der Waals surface area contributed by atoms with Crippen molar-refractivity contribution in [3.63, 3.8) is 0 Å². The Morgan fingerprint density at radius 1 is 1.45 bits per heavy atom. The Morgan fingerprint density at radius 3 is 2.80 bits per heavy atom. The smallest absolute Gasteiger partial charge is 0.136 e. The largest absolute Gasteiger partial charge is 0.506 e. The predicted molar refractivity (Wildman–Crippen MR) is 86.0 cm³/mol. The van der Waals surface area contributed by atoms with Crippen molar-refractivity contribution in [3.8, 4) is 5.75 Å². The van der Waals surface area contributed by atoms with Crippen LogP contribution >= 0.6 is 15.9 Å². The number of hydrogen-bond donors (Lipinski definition) is 1. The topological polar surface area (TPSA) is 32.7 Å². The summed E-state index contributed by atoms with van der Waals surface area (Å²) in [5, 5.41) is 11.7. The molecule has 0 spiro atoms. The van der Waals surface area contributed by atoms with Crippen molar-refractivity contribution < 1.29 is 9.84 Å². The Hall–Kier alpha value is -1.10. The minimum Gasteiger partial charge on any atom is -0.506 e. The molecular weight excluding hydrogens is 318 g/mol. The molecule has 4 heteroatoms. The second-order valence-electron chi connectivity index (χ2n) is 4.84. The van der Waals surface area contributed by atoms with Gasteiger partial charge in [-0.3, -0.25) is 4.90 Å². The van der Waals surface area contributed by atoms with Crippen LogP contribution in [0.3, 0.4) is 0 Å². The van der Waals surface area contributed by atoms with Crippen LogP contribution in [0.25, 0.3) is 12.7 Å². The fraction of sp³-hybridized carbons (Fsp3) is 0.375. The van der Waals surface area contributed by atoms with E-state index in [1.807, 2.05) is 31.2 Å². The number of halogens is 1. The summed E-state index contributed by atoms with van der Waals surface area (Å²) in [6.07, 6.45) is 5.95. The third kappa shape index (κ3) is 3.51. The van der Waals surface area contributed by atoms with Crippen molar-refractivity contribution in [1.82, 2.24) is 4.90 Å². The van der Waals surface area contributed by atoms with Gasteiger partial charge in [0.1, 0.15) is 5.75 Å². The molecule has 0 unspecified atom stereocenters. The zero-order valence-corrected chi connectivity index (χ0v) is 13.3. The van der Waals surface area contributed by atoms with E-state index in [4.69, 9.17) is 4.74 Å². The summed E-state index contributed by atoms with van der Waals surface area (Å²) in [7, 11) is 0. The Morgan fingerprint density at radius 2 is 2.15 bits per heavy atom. The van der Waals surface area contributed by atoms with Gasteiger partial charge in [0.25, 0.3) is 0 Å². The summed E-state index contributed by atoms with van der Waals surface area (Å²) < 4.78 is 6.07. The van der Waals surface area contributed by atoms with Crippen molar-refractivity contribution >= 4 is 28.6 Å². The number of morpholine rings is 1. The summed E-state index contributed by atoms with van der Waals surface area (Å²) in [5.41, 5.74) is 1.17. The molecule has 2 rings (SSSR count). The molecule has 108 valence electrons. The van der Waals surface area contributed by atoms with Crippen LogP contribution in [0.4, 0.5) is 0 Å². The fourth-order valence-corrected chi connectivity index (χ4v) is 2.81. The van der Waals surface area contributed by atoms with Gasteiger partial charge in [0.15, 0.2) is 0 Å². The summed E-state index contributed by atoms with van der Waals surface area (Å²) in [6, 6.07) is 1.98. The third-order valence-electron chi connectivity index (χ3n) is 3.44. The monoisotopic (exact) mass is 337 g/mol. The standard InChI is InChI=1S/C16H20BrNO2/c1-3-4-5-14-12(2)16(19)15(17)10-13(14)11-18-6-8-20-9-7-18/h3-5,10,19H,2,6-9,11H2,1H3/b4-3-,14-5+. The summed E-state index contributed by atoms with van der Waals surface area (Å²) in [4.78, 5) is 2.36. The van der Waals surface area contributed by atoms with Gasteiger partial charge in [-0.25, -0.2) is 0 Å². The minimum atomic E-state index is 0.214. The van der Waals surface area contributed by atoms with E-state index in [1.165, 1.54) is 5.56 Å². The van der Waals surface area contributed by atoms with Gasteiger partial charge in [-0.15, -0.1) is 0 Å². The highest BCUT2D eigenvalue weighted by Gasteiger charge is 2.13. The molecule has 1 heterocycles. The molecule has 1 aliphatic heterocycles. The second kappa shape index (κ2) is 7.07. The molecule has 1 aromatic carbocycles. The van der Waals surface area contributed by atoms with Crippen LogP contribution in [0.5, 0.6) is 5.75 Å². The molecule has 1 N–H and O–H groups in total. The first-order chi connectivity index (χ1) is 9.63. The van der Waals surface area contributed by atoms with Crippen LogP contribution in [0.1, 0.15) is 12.5 Å². The van der Waals surface area contributed by atoms with E-state index in [1.54, 1.807) is 0 Å². The first kappa shape index (κ1) is 15.3. The Balaban J connectivity index is 2.42. The van der Waals surface area contributed by atoms with E-state index in [0.717, 1.165) is 38.1 Å². The van der Waals surface area contributed by atoms with E-state index in [9.17, 15) is 5.11 Å². The normalized spacial score (nSPS) is 18.0. The summed E-state index contributed by atoms with van der Waals surface area (Å²) >= 11 is 3.40. The molecule has 1 saturated heterocycles. The van der Waals surface area contributed by atoms with Gasteiger partial charge in [-0.1, -0.05) is 24.8 Å². The molecule has 0 atom stereocenters. The predicted octanol–water partition coefficient (Wildman–Crippen LogP) is 1.75. The molecule has 0 radical (unpaired) electrons. The first-order valence-corrected chi connectivity index (χ1v) is 7.55. The summed E-state index contributed by atoms with van der Waals surface area (Å²) in [5.74, 6) is 0.214. The van der Waals surface area contributed by atoms with Crippen molar-refractivity contribution in [2.24, 2.45) is 0 Å². The molecule has 0 aliphatic carbocycles. The van der Waals surface area contributed by atoms with Crippen LogP contribution in [0.15, 0.2) is 22.7 Å². The lowest BCUT2D eigenvalue weighted by atomic mass is 10.1. The Labute approximate surface area is 128 Å². The number of phenolic OH excluding ortho intramolecular Hbond substituents is 1. The Kier molecular flexibility index (Phi) is 5.40. The molecule has 0 amide bonds. The lowest BCUT2D eigenvalue weighted by Gasteiger charge is -2.27. The molecule has 1 aliphatic rings. The van der Waals surface area contributed by atoms with Crippen LogP contribution in [-0.2, 0) is 11.3 Å². The Bertz CT molecular complexity index is 604. The number of phenols is 1. The zero-order chi connectivity index (χ0) is 14.5. The molecule has 20 heavy (non-hydrogen) atoms. The number of nitrogens with zero attached hydrogens (tertiary/aromatic N) is 1. The van der Waals surface area contributed by atoms with E-state index in [0.29, 0.717) is 9.69 Å². The van der Waals surface area contributed by atoms with Crippen LogP contribution < -0.4 is 10.4 Å². The van der Waals surface area contributed by atoms with Crippen molar-refractivity contribution in [1.29, 1.82) is 0 Å². The van der Waals surface area contributed by atoms with E-state index in [2.05, 4.69) is 27.4 Å². The number of allylic oxidation sites excluding steroid dienone is 2. The van der Waals surface area contributed by atoms with Crippen LogP contribution in [-0.4, -0.2) is 36.3 Å². The molecule has 0 saturated carbocycles. The highest BCUT2D eigenvalue weighted by atomic mass is 79.9. The van der Waals surface area contributed by atoms with Crippen molar-refractivity contribution in [3.05, 3.63) is 38.7 Å². The molecule has 3 nitrogen and oxygen atoms in total. The van der Waals surface area contributed by atoms with Crippen molar-refractivity contribution in [2.45, 2.75) is 13.5 Å². The number of rotatable bonds is 3. The maximum atomic E-state index is 10.0. The van der Waals surface area contributed by atoms with Gasteiger partial charge in [0.05, 0.1) is 17.7 Å². The maximum Gasteiger partial charge on any atom is 0.136 e. The molecule has 1 fully saturated rings. The van der Waals surface area contributed by atoms with Crippen molar-refractivity contribution in [2.75, 3.05) is 26.3 Å². The van der Waals surface area contributed by atoms with Gasteiger partial charge < -0.3 is 9.84 Å². The quantitative estimate of drug-likeness (QED) is 0.912. The molecular formula is C16H20BrNO2. The SMILES string of the molecule is C=c1c(O)c(Br)cc(CN2CCOCC2)/c1=C/C=C\C. The highest BCUT2D eigenvalue weighted by molar-refractivity contribution is 9.10. The van der Waals surface area contributed by atoms with E-state index >= 15 is 0 Å². The molecule has 0 bridgehead atoms. The number of ether oxygens (including phenoxy) is 1. The fourth-order valence-electron chi connectivity index (χ4n) is 2.30. The molecule has 0 aromatic heterocycles. The van der Waals surface area contributed by atoms with Gasteiger partial charge in [-0.05, 0) is 39.7 Å². The van der Waals surface area contributed by atoms with E-state index < -0.39 is 0 Å². The second-order valence-corrected chi connectivity index (χ2v) is 5.69. The zero-order valence-electron chi connectivity index (χ0n) is 11.7. The lowest BCUT2D eigenvalue weighted by molar-refractivity contribution is 0.0340. The summed E-state index contributed by atoms with van der Waals surface area (Å²) in [6.45, 7) is 10.3. The van der Waals surface area contributed by atoms with Gasteiger partial charge in [0, 0.05) is 24.9 Å².